The van der Waals surface area contributed by atoms with E-state index in [1.165, 1.54) is 11.9 Å². The highest BCUT2D eigenvalue weighted by Gasteiger charge is 2.34. The molecule has 0 bridgehead atoms. The highest BCUT2D eigenvalue weighted by molar-refractivity contribution is 6.10. The number of aromatic hydroxyl groups is 12. The first-order valence-corrected chi connectivity index (χ1v) is 23.4. The van der Waals surface area contributed by atoms with Crippen molar-refractivity contribution >= 4 is 33.2 Å². The number of anilines is 2. The first kappa shape index (κ1) is 47.5. The quantitative estimate of drug-likeness (QED) is 0.0473. The fourth-order valence-corrected chi connectivity index (χ4v) is 9.61. The largest absolute Gasteiger partial charge is 0.504 e. The molecule has 12 N–H and O–H groups in total. The number of benzene rings is 9. The summed E-state index contributed by atoms with van der Waals surface area (Å²) in [5.74, 6) is -14.0. The van der Waals surface area contributed by atoms with Crippen molar-refractivity contribution in [1.82, 2.24) is 19.5 Å². The zero-order valence-corrected chi connectivity index (χ0v) is 40.0. The molecule has 0 spiro atoms. The molecule has 376 valence electrons. The maximum absolute atomic E-state index is 11.8. The molecule has 0 aliphatic rings. The predicted octanol–water partition coefficient (Wildman–Crippen LogP) is 11.5. The summed E-state index contributed by atoms with van der Waals surface area (Å²) in [7, 11) is 1.42. The molecule has 0 atom stereocenters. The molecule has 0 aliphatic carbocycles. The lowest BCUT2D eigenvalue weighted by Crippen LogP contribution is -2.13. The van der Waals surface area contributed by atoms with Gasteiger partial charge in [0.25, 0.3) is 0 Å². The van der Waals surface area contributed by atoms with Crippen LogP contribution in [0.1, 0.15) is 5.56 Å². The Hall–Kier alpha value is -10.8. The third kappa shape index (κ3) is 7.53. The summed E-state index contributed by atoms with van der Waals surface area (Å²) < 4.78 is 2.21. The van der Waals surface area contributed by atoms with Crippen LogP contribution in [-0.2, 0) is 0 Å². The van der Waals surface area contributed by atoms with E-state index in [4.69, 9.17) is 15.0 Å². The molecule has 0 unspecified atom stereocenters. The summed E-state index contributed by atoms with van der Waals surface area (Å²) in [6, 6.07) is 47.0. The van der Waals surface area contributed by atoms with Gasteiger partial charge in [0.2, 0.25) is 34.5 Å². The molecule has 0 fully saturated rings. The zero-order chi connectivity index (χ0) is 53.4. The van der Waals surface area contributed by atoms with Gasteiger partial charge in [0.15, 0.2) is 52.0 Å². The van der Waals surface area contributed by atoms with Crippen molar-refractivity contribution < 1.29 is 61.3 Å². The molecule has 2 aromatic heterocycles. The molecule has 0 saturated carbocycles. The van der Waals surface area contributed by atoms with E-state index >= 15 is 0 Å². The lowest BCUT2D eigenvalue weighted by molar-refractivity contribution is 0.329. The lowest BCUT2D eigenvalue weighted by Gasteiger charge is -2.28. The van der Waals surface area contributed by atoms with Crippen LogP contribution in [0.5, 0.6) is 69.0 Å². The van der Waals surface area contributed by atoms with Gasteiger partial charge in [-0.3, -0.25) is 0 Å². The minimum atomic E-state index is -1.34. The second-order valence-electron chi connectivity index (χ2n) is 18.0. The Kier molecular flexibility index (Phi) is 11.3. The number of rotatable bonds is 9. The summed E-state index contributed by atoms with van der Waals surface area (Å²) >= 11 is 0. The van der Waals surface area contributed by atoms with Crippen LogP contribution >= 0.6 is 0 Å². The van der Waals surface area contributed by atoms with Gasteiger partial charge in [-0.15, -0.1) is 0 Å². The van der Waals surface area contributed by atoms with Crippen LogP contribution in [0, 0.1) is 6.92 Å². The monoisotopic (exact) mass is 1010 g/mol. The van der Waals surface area contributed by atoms with Crippen LogP contribution < -0.4 is 4.90 Å². The SMILES string of the molecule is Cc1ccc(-c2cc(-c3nc(-c4ccccc4)nc(-c4ccc5c(c4)c4ccccc4n5-c4ccccc4)n3)ccc2N(C)c2c(O)c(O)c(O)c(O)c2-c2cc(-c3c(O)c(O)c(O)c(O)c3O)c(O)c(O)c2O)cc1. The van der Waals surface area contributed by atoms with Crippen molar-refractivity contribution in [2.75, 3.05) is 11.9 Å². The zero-order valence-electron chi connectivity index (χ0n) is 40.0. The van der Waals surface area contributed by atoms with Gasteiger partial charge in [-0.2, -0.15) is 0 Å². The number of phenolic OH excluding ortho intramolecular Hbond substituents is 12. The number of hydrogen-bond donors (Lipinski definition) is 12. The molecular weight excluding hydrogens is 971 g/mol. The topological polar surface area (TPSA) is 290 Å². The van der Waals surface area contributed by atoms with E-state index in [2.05, 4.69) is 34.9 Å². The second-order valence-corrected chi connectivity index (χ2v) is 18.0. The second kappa shape index (κ2) is 18.0. The van der Waals surface area contributed by atoms with Crippen molar-refractivity contribution in [3.8, 4) is 142 Å². The number of hydrogen-bond acceptors (Lipinski definition) is 16. The summed E-state index contributed by atoms with van der Waals surface area (Å²) in [5.41, 5.74) is 3.53. The van der Waals surface area contributed by atoms with Crippen LogP contribution in [0.4, 0.5) is 11.4 Å². The Morgan fingerprint density at radius 1 is 0.355 bits per heavy atom. The van der Waals surface area contributed by atoms with Crippen molar-refractivity contribution in [1.29, 1.82) is 0 Å². The number of fused-ring (bicyclic) bond motifs is 3. The smallest absolute Gasteiger partial charge is 0.208 e. The highest BCUT2D eigenvalue weighted by atomic mass is 16.4. The fourth-order valence-electron chi connectivity index (χ4n) is 9.61. The van der Waals surface area contributed by atoms with Gasteiger partial charge in [0.1, 0.15) is 0 Å². The minimum absolute atomic E-state index is 0.262. The first-order chi connectivity index (χ1) is 36.5. The van der Waals surface area contributed by atoms with Crippen molar-refractivity contribution in [3.63, 3.8) is 0 Å². The molecule has 76 heavy (non-hydrogen) atoms. The molecule has 17 heteroatoms. The maximum atomic E-state index is 11.8. The van der Waals surface area contributed by atoms with E-state index < -0.39 is 96.9 Å². The van der Waals surface area contributed by atoms with Crippen molar-refractivity contribution in [3.05, 3.63) is 157 Å². The normalized spacial score (nSPS) is 11.4. The van der Waals surface area contributed by atoms with Crippen LogP contribution in [0.3, 0.4) is 0 Å². The van der Waals surface area contributed by atoms with Crippen molar-refractivity contribution in [2.45, 2.75) is 6.92 Å². The number of phenols is 12. The summed E-state index contributed by atoms with van der Waals surface area (Å²) in [6.07, 6.45) is 0. The molecule has 0 amide bonds. The van der Waals surface area contributed by atoms with Crippen LogP contribution in [0.25, 0.3) is 95.0 Å². The summed E-state index contributed by atoms with van der Waals surface area (Å²) in [4.78, 5) is 16.4. The molecule has 0 aliphatic heterocycles. The third-order valence-corrected chi connectivity index (χ3v) is 13.5. The molecule has 0 radical (unpaired) electrons. The number of aromatic nitrogens is 4. The Bertz CT molecular complexity index is 4140. The maximum Gasteiger partial charge on any atom is 0.208 e. The van der Waals surface area contributed by atoms with E-state index in [1.807, 2.05) is 104 Å². The molecule has 17 nitrogen and oxygen atoms in total. The number of nitrogens with zero attached hydrogens (tertiary/aromatic N) is 5. The minimum Gasteiger partial charge on any atom is -0.504 e. The average Bonchev–Trinajstić information content (AvgIpc) is 3.79. The summed E-state index contributed by atoms with van der Waals surface area (Å²) in [5, 5.41) is 134. The Labute approximate surface area is 430 Å². The molecule has 0 saturated heterocycles. The molecule has 9 aromatic carbocycles. The molecule has 2 heterocycles. The van der Waals surface area contributed by atoms with E-state index in [0.29, 0.717) is 33.9 Å². The Balaban J connectivity index is 1.11. The number of aryl methyl sites for hydroxylation is 1. The van der Waals surface area contributed by atoms with Gasteiger partial charge in [-0.1, -0.05) is 96.6 Å². The number of para-hydroxylation sites is 2. The van der Waals surface area contributed by atoms with Crippen LogP contribution in [0.15, 0.2) is 152 Å². The van der Waals surface area contributed by atoms with Gasteiger partial charge in [-0.25, -0.2) is 15.0 Å². The molecule has 11 aromatic rings. The van der Waals surface area contributed by atoms with Gasteiger partial charge in [0, 0.05) is 62.6 Å². The van der Waals surface area contributed by atoms with Gasteiger partial charge in [0.05, 0.1) is 27.8 Å². The third-order valence-electron chi connectivity index (χ3n) is 13.5. The van der Waals surface area contributed by atoms with E-state index in [1.54, 1.807) is 18.2 Å². The van der Waals surface area contributed by atoms with Crippen LogP contribution in [0.2, 0.25) is 0 Å². The fraction of sp³-hybridized carbons (Fsp3) is 0.0339. The lowest BCUT2D eigenvalue weighted by atomic mass is 9.92. The standard InChI is InChI=1S/C59H43N5O12/c1-28-17-19-29(20-18-28)35-25-31(58-60-57(30-11-5-3-6-12-30)61-59(62-58)32-22-24-41-36(26-32)34-15-9-10-16-40(34)64(41)33-13-7-4-8-14-33)21-23-39(35)63(2)44-42(47(67)52(72)55(75)50(44)70)37-27-38(46(66)51(71)45(37)65)43-48(68)53(73)56(76)54(74)49(43)69/h3-27,65-76H,1-2H3. The average molecular weight is 1010 g/mol. The Morgan fingerprint density at radius 2 is 0.816 bits per heavy atom. The van der Waals surface area contributed by atoms with E-state index in [-0.39, 0.29) is 11.5 Å². The van der Waals surface area contributed by atoms with E-state index in [0.717, 1.165) is 44.7 Å². The highest BCUT2D eigenvalue weighted by Crippen LogP contribution is 2.63. The molecule has 11 rings (SSSR count). The summed E-state index contributed by atoms with van der Waals surface area (Å²) in [6.45, 7) is 1.90. The van der Waals surface area contributed by atoms with Gasteiger partial charge in [-0.05, 0) is 73.2 Å². The first-order valence-electron chi connectivity index (χ1n) is 23.4. The Morgan fingerprint density at radius 3 is 1.45 bits per heavy atom. The molecular formula is C59H43N5O12. The van der Waals surface area contributed by atoms with Crippen molar-refractivity contribution in [2.24, 2.45) is 0 Å². The van der Waals surface area contributed by atoms with Gasteiger partial charge >= 0.3 is 0 Å². The predicted molar refractivity (Wildman–Crippen MR) is 286 cm³/mol. The van der Waals surface area contributed by atoms with Gasteiger partial charge < -0.3 is 70.7 Å². The van der Waals surface area contributed by atoms with E-state index in [9.17, 15) is 61.3 Å². The van der Waals surface area contributed by atoms with Crippen LogP contribution in [-0.4, -0.2) is 87.8 Å².